The Morgan fingerprint density at radius 1 is 1.45 bits per heavy atom. The molecule has 2 fully saturated rings. The van der Waals surface area contributed by atoms with Gasteiger partial charge in [-0.25, -0.2) is 0 Å². The summed E-state index contributed by atoms with van der Waals surface area (Å²) in [4.78, 5) is 16.0. The van der Waals surface area contributed by atoms with E-state index in [4.69, 9.17) is 4.74 Å². The van der Waals surface area contributed by atoms with E-state index in [1.165, 1.54) is 4.88 Å². The lowest BCUT2D eigenvalue weighted by molar-refractivity contribution is -0.138. The zero-order chi connectivity index (χ0) is 14.3. The average Bonchev–Trinajstić information content (AvgIpc) is 2.97. The number of amides is 1. The molecule has 1 saturated carbocycles. The third-order valence-corrected chi connectivity index (χ3v) is 5.34. The highest BCUT2D eigenvalue weighted by atomic mass is 32.1. The van der Waals surface area contributed by atoms with E-state index in [0.717, 1.165) is 12.8 Å². The number of rotatable bonds is 4. The van der Waals surface area contributed by atoms with Gasteiger partial charge in [-0.05, 0) is 30.2 Å². The predicted octanol–water partition coefficient (Wildman–Crippen LogP) is 2.38. The lowest BCUT2D eigenvalue weighted by Crippen LogP contribution is -2.50. The van der Waals surface area contributed by atoms with Crippen molar-refractivity contribution in [2.24, 2.45) is 5.92 Å². The zero-order valence-corrected chi connectivity index (χ0v) is 13.0. The highest BCUT2D eigenvalue weighted by Crippen LogP contribution is 2.38. The van der Waals surface area contributed by atoms with Crippen LogP contribution in [0.4, 0.5) is 0 Å². The standard InChI is InChI=1S/C15H22N2O2S/c1-9(2)13-15(18)17(10-7-11(8-10)19-3)14(16-13)12-5-4-6-20-12/h4-6,9-11,13-14,16H,7-8H2,1-3H3. The molecule has 2 atom stereocenters. The smallest absolute Gasteiger partial charge is 0.241 e. The first-order valence-electron chi connectivity index (χ1n) is 7.26. The maximum absolute atomic E-state index is 12.7. The van der Waals surface area contributed by atoms with Crippen molar-refractivity contribution < 1.29 is 9.53 Å². The molecule has 3 rings (SSSR count). The Morgan fingerprint density at radius 3 is 2.75 bits per heavy atom. The minimum Gasteiger partial charge on any atom is -0.381 e. The molecule has 2 unspecified atom stereocenters. The van der Waals surface area contributed by atoms with Crippen LogP contribution < -0.4 is 5.32 Å². The van der Waals surface area contributed by atoms with Crippen LogP contribution in [0.3, 0.4) is 0 Å². The van der Waals surface area contributed by atoms with E-state index in [9.17, 15) is 4.79 Å². The third-order valence-electron chi connectivity index (χ3n) is 4.41. The maximum atomic E-state index is 12.7. The van der Waals surface area contributed by atoms with Crippen LogP contribution in [0.1, 0.15) is 37.7 Å². The van der Waals surface area contributed by atoms with Crippen molar-refractivity contribution in [1.82, 2.24) is 10.2 Å². The van der Waals surface area contributed by atoms with Crippen LogP contribution >= 0.6 is 11.3 Å². The second kappa shape index (κ2) is 5.47. The Hall–Kier alpha value is -0.910. The topological polar surface area (TPSA) is 41.6 Å². The highest BCUT2D eigenvalue weighted by Gasteiger charge is 2.48. The summed E-state index contributed by atoms with van der Waals surface area (Å²) in [7, 11) is 1.75. The van der Waals surface area contributed by atoms with Gasteiger partial charge in [-0.2, -0.15) is 0 Å². The summed E-state index contributed by atoms with van der Waals surface area (Å²) in [5, 5.41) is 5.59. The van der Waals surface area contributed by atoms with Gasteiger partial charge in [0.05, 0.1) is 12.1 Å². The second-order valence-corrected chi connectivity index (χ2v) is 7.01. The van der Waals surface area contributed by atoms with E-state index in [2.05, 4.69) is 35.5 Å². The van der Waals surface area contributed by atoms with E-state index >= 15 is 0 Å². The molecule has 1 amide bonds. The molecular formula is C15H22N2O2S. The zero-order valence-electron chi connectivity index (χ0n) is 12.2. The largest absolute Gasteiger partial charge is 0.381 e. The van der Waals surface area contributed by atoms with Gasteiger partial charge in [0.15, 0.2) is 0 Å². The second-order valence-electron chi connectivity index (χ2n) is 6.03. The number of hydrogen-bond donors (Lipinski definition) is 1. The highest BCUT2D eigenvalue weighted by molar-refractivity contribution is 7.10. The van der Waals surface area contributed by atoms with Gasteiger partial charge in [0.25, 0.3) is 0 Å². The quantitative estimate of drug-likeness (QED) is 0.927. The van der Waals surface area contributed by atoms with Gasteiger partial charge in [-0.1, -0.05) is 19.9 Å². The molecule has 110 valence electrons. The monoisotopic (exact) mass is 294 g/mol. The molecule has 20 heavy (non-hydrogen) atoms. The first-order valence-corrected chi connectivity index (χ1v) is 8.14. The Balaban J connectivity index is 1.81. The first kappa shape index (κ1) is 14.0. The van der Waals surface area contributed by atoms with Crippen molar-refractivity contribution in [3.8, 4) is 0 Å². The van der Waals surface area contributed by atoms with Crippen LogP contribution in [0.2, 0.25) is 0 Å². The maximum Gasteiger partial charge on any atom is 0.241 e. The molecule has 2 aliphatic rings. The van der Waals surface area contributed by atoms with Gasteiger partial charge >= 0.3 is 0 Å². The van der Waals surface area contributed by atoms with Crippen LogP contribution in [0.5, 0.6) is 0 Å². The van der Waals surface area contributed by atoms with Gasteiger partial charge in [0.2, 0.25) is 5.91 Å². The van der Waals surface area contributed by atoms with Gasteiger partial charge in [0.1, 0.15) is 6.17 Å². The molecule has 1 aromatic heterocycles. The molecule has 1 N–H and O–H groups in total. The van der Waals surface area contributed by atoms with E-state index < -0.39 is 0 Å². The van der Waals surface area contributed by atoms with Crippen molar-refractivity contribution in [1.29, 1.82) is 0 Å². The minimum absolute atomic E-state index is 0.0395. The minimum atomic E-state index is -0.0660. The molecule has 0 aromatic carbocycles. The number of hydrogen-bond acceptors (Lipinski definition) is 4. The summed E-state index contributed by atoms with van der Waals surface area (Å²) >= 11 is 1.71. The van der Waals surface area contributed by atoms with Crippen LogP contribution in [-0.2, 0) is 9.53 Å². The molecule has 5 heteroatoms. The summed E-state index contributed by atoms with van der Waals surface area (Å²) in [6, 6.07) is 4.41. The number of nitrogens with zero attached hydrogens (tertiary/aromatic N) is 1. The Morgan fingerprint density at radius 2 is 2.20 bits per heavy atom. The van der Waals surface area contributed by atoms with Crippen molar-refractivity contribution in [2.45, 2.75) is 51.0 Å². The Bertz CT molecular complexity index is 468. The van der Waals surface area contributed by atoms with Gasteiger partial charge < -0.3 is 9.64 Å². The van der Waals surface area contributed by atoms with E-state index in [-0.39, 0.29) is 18.1 Å². The average molecular weight is 294 g/mol. The van der Waals surface area contributed by atoms with Gasteiger partial charge in [-0.15, -0.1) is 11.3 Å². The Kier molecular flexibility index (Phi) is 3.84. The molecule has 2 heterocycles. The number of carbonyl (C=O) groups excluding carboxylic acids is 1. The van der Waals surface area contributed by atoms with E-state index in [0.29, 0.717) is 18.1 Å². The molecule has 1 saturated heterocycles. The van der Waals surface area contributed by atoms with Crippen molar-refractivity contribution in [3.63, 3.8) is 0 Å². The number of nitrogens with one attached hydrogen (secondary N) is 1. The van der Waals surface area contributed by atoms with E-state index in [1.807, 2.05) is 6.07 Å². The molecule has 1 aromatic rings. The summed E-state index contributed by atoms with van der Waals surface area (Å²) in [6.07, 6.45) is 2.26. The fourth-order valence-corrected chi connectivity index (χ4v) is 3.88. The molecular weight excluding hydrogens is 272 g/mol. The van der Waals surface area contributed by atoms with Crippen LogP contribution in [0, 0.1) is 5.92 Å². The lowest BCUT2D eigenvalue weighted by atomic mass is 9.87. The predicted molar refractivity (Wildman–Crippen MR) is 79.5 cm³/mol. The van der Waals surface area contributed by atoms with Crippen molar-refractivity contribution in [3.05, 3.63) is 22.4 Å². The normalized spacial score (nSPS) is 33.8. The molecule has 1 aliphatic heterocycles. The fourth-order valence-electron chi connectivity index (χ4n) is 3.10. The molecule has 0 bridgehead atoms. The summed E-state index contributed by atoms with van der Waals surface area (Å²) in [5.74, 6) is 0.561. The van der Waals surface area contributed by atoms with Gasteiger partial charge in [0, 0.05) is 18.0 Å². The summed E-state index contributed by atoms with van der Waals surface area (Å²) in [6.45, 7) is 4.20. The van der Waals surface area contributed by atoms with Gasteiger partial charge in [-0.3, -0.25) is 10.1 Å². The molecule has 0 spiro atoms. The van der Waals surface area contributed by atoms with Crippen molar-refractivity contribution in [2.75, 3.05) is 7.11 Å². The third kappa shape index (κ3) is 2.28. The van der Waals surface area contributed by atoms with Crippen LogP contribution in [0.25, 0.3) is 0 Å². The molecule has 1 aliphatic carbocycles. The molecule has 0 radical (unpaired) electrons. The molecule has 4 nitrogen and oxygen atoms in total. The van der Waals surface area contributed by atoms with E-state index in [1.54, 1.807) is 18.4 Å². The van der Waals surface area contributed by atoms with Crippen molar-refractivity contribution >= 4 is 17.2 Å². The Labute approximate surface area is 124 Å². The summed E-state index contributed by atoms with van der Waals surface area (Å²) < 4.78 is 5.36. The number of methoxy groups -OCH3 is 1. The number of ether oxygens (including phenoxy) is 1. The van der Waals surface area contributed by atoms with Crippen LogP contribution in [-0.4, -0.2) is 36.1 Å². The van der Waals surface area contributed by atoms with Crippen LogP contribution in [0.15, 0.2) is 17.5 Å². The summed E-state index contributed by atoms with van der Waals surface area (Å²) in [5.41, 5.74) is 0. The lowest BCUT2D eigenvalue weighted by Gasteiger charge is -2.42. The first-order chi connectivity index (χ1) is 9.61. The number of thiophene rings is 1. The SMILES string of the molecule is COC1CC(N2C(=O)C(C(C)C)NC2c2cccs2)C1. The number of carbonyl (C=O) groups is 1. The fraction of sp³-hybridized carbons (Fsp3) is 0.667.